The molecule has 0 heterocycles. The average molecular weight is 1110 g/mol. The van der Waals surface area contributed by atoms with Crippen LogP contribution < -0.4 is 0 Å². The molecule has 0 aromatic heterocycles. The summed E-state index contributed by atoms with van der Waals surface area (Å²) in [6.07, 6.45) is 102. The molecule has 450 valence electrons. The molecule has 0 aliphatic carbocycles. The number of hydrogen-bond donors (Lipinski definition) is 0. The van der Waals surface area contributed by atoms with E-state index in [-0.39, 0.29) is 44.0 Å². The third kappa shape index (κ3) is 64.9. The summed E-state index contributed by atoms with van der Waals surface area (Å²) in [7, 11) is 0. The predicted molar refractivity (Wildman–Crippen MR) is 352 cm³/mol. The number of ether oxygens (including phenoxy) is 3. The molecule has 0 aromatic carbocycles. The largest absolute Gasteiger partial charge is 0.462 e. The van der Waals surface area contributed by atoms with E-state index in [4.69, 9.17) is 14.2 Å². The Balaban J connectivity index is 4.56. The third-order valence-corrected chi connectivity index (χ3v) is 12.6. The molecule has 0 fully saturated rings. The molecule has 81 heavy (non-hydrogen) atoms. The molecule has 0 bridgehead atoms. The lowest BCUT2D eigenvalue weighted by atomic mass is 10.1. The monoisotopic (exact) mass is 1110 g/mol. The molecule has 1 unspecified atom stereocenters. The van der Waals surface area contributed by atoms with Crippen molar-refractivity contribution in [2.75, 3.05) is 13.2 Å². The van der Waals surface area contributed by atoms with Crippen molar-refractivity contribution in [3.8, 4) is 0 Å². The van der Waals surface area contributed by atoms with Gasteiger partial charge in [0.15, 0.2) is 6.10 Å². The Bertz CT molecular complexity index is 1950. The van der Waals surface area contributed by atoms with E-state index in [1.54, 1.807) is 0 Å². The lowest BCUT2D eigenvalue weighted by Crippen LogP contribution is -2.30. The normalized spacial score (nSPS) is 13.5. The van der Waals surface area contributed by atoms with Gasteiger partial charge in [-0.3, -0.25) is 14.4 Å². The van der Waals surface area contributed by atoms with Gasteiger partial charge in [0.25, 0.3) is 0 Å². The number of allylic oxidation sites excluding steroid dienone is 32. The van der Waals surface area contributed by atoms with Gasteiger partial charge < -0.3 is 14.2 Å². The summed E-state index contributed by atoms with van der Waals surface area (Å²) in [5.74, 6) is -1.05. The van der Waals surface area contributed by atoms with Crippen molar-refractivity contribution in [3.63, 3.8) is 0 Å². The first-order chi connectivity index (χ1) is 40.0. The van der Waals surface area contributed by atoms with Crippen LogP contribution in [-0.4, -0.2) is 37.2 Å². The molecule has 0 amide bonds. The Morgan fingerprint density at radius 3 is 0.840 bits per heavy atom. The van der Waals surface area contributed by atoms with Crippen LogP contribution in [0.25, 0.3) is 0 Å². The number of carbonyl (C=O) groups is 3. The Morgan fingerprint density at radius 2 is 0.494 bits per heavy atom. The first-order valence-corrected chi connectivity index (χ1v) is 31.9. The molecule has 0 aromatic rings. The highest BCUT2D eigenvalue weighted by molar-refractivity contribution is 5.71. The van der Waals surface area contributed by atoms with E-state index in [0.717, 1.165) is 148 Å². The van der Waals surface area contributed by atoms with E-state index in [2.05, 4.69) is 215 Å². The molecule has 0 aliphatic rings. The zero-order chi connectivity index (χ0) is 58.5. The Morgan fingerprint density at radius 1 is 0.259 bits per heavy atom. The van der Waals surface area contributed by atoms with Crippen molar-refractivity contribution in [1.82, 2.24) is 0 Å². The van der Waals surface area contributed by atoms with Crippen LogP contribution in [0.5, 0.6) is 0 Å². The highest BCUT2D eigenvalue weighted by Gasteiger charge is 2.19. The van der Waals surface area contributed by atoms with Gasteiger partial charge in [0.1, 0.15) is 13.2 Å². The minimum absolute atomic E-state index is 0.128. The zero-order valence-corrected chi connectivity index (χ0v) is 51.5. The first kappa shape index (κ1) is 75.2. The van der Waals surface area contributed by atoms with E-state index in [1.807, 2.05) is 0 Å². The van der Waals surface area contributed by atoms with Crippen LogP contribution in [0.1, 0.15) is 239 Å². The maximum absolute atomic E-state index is 12.9. The molecular weight excluding hydrogens is 997 g/mol. The van der Waals surface area contributed by atoms with Gasteiger partial charge in [-0.25, -0.2) is 0 Å². The van der Waals surface area contributed by atoms with Gasteiger partial charge in [0.05, 0.1) is 0 Å². The van der Waals surface area contributed by atoms with Crippen LogP contribution in [0, 0.1) is 0 Å². The number of carbonyl (C=O) groups excluding carboxylic acids is 3. The number of hydrogen-bond acceptors (Lipinski definition) is 6. The van der Waals surface area contributed by atoms with Crippen LogP contribution in [-0.2, 0) is 28.6 Å². The zero-order valence-electron chi connectivity index (χ0n) is 51.5. The summed E-state index contributed by atoms with van der Waals surface area (Å²) < 4.78 is 16.8. The Kier molecular flexibility index (Phi) is 62.0. The average Bonchev–Trinajstić information content (AvgIpc) is 3.46. The van der Waals surface area contributed by atoms with Crippen molar-refractivity contribution in [2.24, 2.45) is 0 Å². The molecule has 0 spiro atoms. The highest BCUT2D eigenvalue weighted by atomic mass is 16.6. The second kappa shape index (κ2) is 66.8. The summed E-state index contributed by atoms with van der Waals surface area (Å²) in [4.78, 5) is 38.3. The fourth-order valence-electron chi connectivity index (χ4n) is 7.85. The van der Waals surface area contributed by atoms with Gasteiger partial charge in [-0.15, -0.1) is 0 Å². The fraction of sp³-hybridized carbons (Fsp3) is 0.533. The minimum atomic E-state index is -0.841. The van der Waals surface area contributed by atoms with Crippen LogP contribution >= 0.6 is 0 Å². The van der Waals surface area contributed by atoms with Crippen LogP contribution in [0.4, 0.5) is 0 Å². The Labute approximate surface area is 497 Å². The van der Waals surface area contributed by atoms with Gasteiger partial charge in [-0.1, -0.05) is 254 Å². The molecular formula is C75H114O6. The van der Waals surface area contributed by atoms with Crippen molar-refractivity contribution in [2.45, 2.75) is 245 Å². The molecule has 0 aliphatic heterocycles. The molecule has 0 rings (SSSR count). The van der Waals surface area contributed by atoms with Crippen molar-refractivity contribution in [1.29, 1.82) is 0 Å². The van der Waals surface area contributed by atoms with E-state index >= 15 is 0 Å². The van der Waals surface area contributed by atoms with Gasteiger partial charge in [0, 0.05) is 19.3 Å². The quantitative estimate of drug-likeness (QED) is 0.0261. The predicted octanol–water partition coefficient (Wildman–Crippen LogP) is 22.2. The van der Waals surface area contributed by atoms with Gasteiger partial charge in [0.2, 0.25) is 0 Å². The smallest absolute Gasteiger partial charge is 0.306 e. The summed E-state index contributed by atoms with van der Waals surface area (Å²) in [5.41, 5.74) is 0. The minimum Gasteiger partial charge on any atom is -0.462 e. The number of rotatable bonds is 55. The summed E-state index contributed by atoms with van der Waals surface area (Å²) in [6, 6.07) is 0. The maximum Gasteiger partial charge on any atom is 0.306 e. The lowest BCUT2D eigenvalue weighted by Gasteiger charge is -2.18. The molecule has 0 saturated carbocycles. The van der Waals surface area contributed by atoms with Crippen LogP contribution in [0.15, 0.2) is 194 Å². The van der Waals surface area contributed by atoms with Crippen molar-refractivity contribution in [3.05, 3.63) is 194 Å². The molecule has 1 atom stereocenters. The number of esters is 3. The third-order valence-electron chi connectivity index (χ3n) is 12.6. The topological polar surface area (TPSA) is 78.9 Å². The van der Waals surface area contributed by atoms with Gasteiger partial charge >= 0.3 is 17.9 Å². The van der Waals surface area contributed by atoms with Crippen molar-refractivity contribution >= 4 is 17.9 Å². The second-order valence-electron chi connectivity index (χ2n) is 20.2. The molecule has 6 nitrogen and oxygen atoms in total. The molecule has 6 heteroatoms. The summed E-state index contributed by atoms with van der Waals surface area (Å²) in [5, 5.41) is 0. The Hall–Kier alpha value is -5.75. The van der Waals surface area contributed by atoms with Crippen molar-refractivity contribution < 1.29 is 28.6 Å². The van der Waals surface area contributed by atoms with E-state index in [9.17, 15) is 14.4 Å². The van der Waals surface area contributed by atoms with Crippen LogP contribution in [0.3, 0.4) is 0 Å². The standard InChI is InChI=1S/C75H114O6/c1-4-7-10-13-16-19-22-25-27-29-31-33-34-35-36-37-38-39-40-42-43-45-47-50-53-56-59-62-65-68-74(77)80-71-72(70-79-73(76)67-64-61-58-55-52-49-24-21-18-15-12-9-6-3)81-75(78)69-66-63-60-57-54-51-48-46-44-41-32-30-28-26-23-20-17-14-11-8-5-2/h7-8,10-11,16-17,19-21,24-28,31-33,35-36,38-39,41-43,46-48,50,54,56-57,59,72H,4-6,9,12-15,18,22-23,29-30,34,37,40,44-45,49,51-53,55,58,60-71H2,1-3H3/b10-7-,11-8-,19-16-,20-17-,24-21-,27-25-,28-26-,33-31-,36-35-,39-38-,41-32-,43-42-,48-46-,50-47-,57-54-,59-56-. The summed E-state index contributed by atoms with van der Waals surface area (Å²) >= 11 is 0. The highest BCUT2D eigenvalue weighted by Crippen LogP contribution is 2.12. The van der Waals surface area contributed by atoms with E-state index in [1.165, 1.54) is 38.5 Å². The first-order valence-electron chi connectivity index (χ1n) is 31.9. The second-order valence-corrected chi connectivity index (χ2v) is 20.2. The number of unbranched alkanes of at least 4 members (excludes halogenated alkanes) is 12. The van der Waals surface area contributed by atoms with Crippen LogP contribution in [0.2, 0.25) is 0 Å². The lowest BCUT2D eigenvalue weighted by molar-refractivity contribution is -0.167. The summed E-state index contributed by atoms with van der Waals surface area (Å²) in [6.45, 7) is 6.29. The maximum atomic E-state index is 12.9. The van der Waals surface area contributed by atoms with Gasteiger partial charge in [-0.2, -0.15) is 0 Å². The molecule has 0 saturated heterocycles. The van der Waals surface area contributed by atoms with E-state index < -0.39 is 6.10 Å². The van der Waals surface area contributed by atoms with Gasteiger partial charge in [-0.05, 0) is 161 Å². The SMILES string of the molecule is CC/C=C\C/C=C\C/C=C\C/C=C\C/C=C\C/C=C\C/C=C\C/C=C\C/C=C\CCCC(=O)OCC(COC(=O)CCCCCCC/C=C\CCCCCC)OC(=O)CCCC/C=C\C/C=C\C/C=C\C/C=C\C/C=C\C/C=C\CC. The fourth-order valence-corrected chi connectivity index (χ4v) is 7.85. The van der Waals surface area contributed by atoms with E-state index in [0.29, 0.717) is 19.3 Å². The molecule has 0 radical (unpaired) electrons. The molecule has 0 N–H and O–H groups in total.